The van der Waals surface area contributed by atoms with Gasteiger partial charge in [0.05, 0.1) is 6.04 Å². The van der Waals surface area contributed by atoms with E-state index in [4.69, 9.17) is 4.74 Å². The highest BCUT2D eigenvalue weighted by molar-refractivity contribution is 5.92. The van der Waals surface area contributed by atoms with E-state index in [9.17, 15) is 24.0 Å². The van der Waals surface area contributed by atoms with E-state index in [1.165, 1.54) is 0 Å². The number of aldehydes is 1. The van der Waals surface area contributed by atoms with Crippen LogP contribution in [0.4, 0.5) is 4.79 Å². The van der Waals surface area contributed by atoms with Crippen LogP contribution in [-0.2, 0) is 23.9 Å². The fraction of sp³-hybridized carbons (Fsp3) is 0.783. The van der Waals surface area contributed by atoms with Crippen molar-refractivity contribution in [1.29, 1.82) is 0 Å². The Labute approximate surface area is 195 Å². The van der Waals surface area contributed by atoms with Gasteiger partial charge in [-0.15, -0.1) is 0 Å². The molecule has 4 amide bonds. The SMILES string of the molecule is CC(C)C[C@@H]1NC(=O)[C@@H](NC(=O)OC(C)(C)C)CCC[C@@H]2CNC(=O)[C@@H]2C[C@@H](C=O)NC1=O. The number of fused-ring (bicyclic) bond motifs is 1. The summed E-state index contributed by atoms with van der Waals surface area (Å²) in [6.45, 7) is 9.51. The number of hydrogen-bond donors (Lipinski definition) is 4. The van der Waals surface area contributed by atoms with Gasteiger partial charge < -0.3 is 30.8 Å². The van der Waals surface area contributed by atoms with Crippen molar-refractivity contribution < 1.29 is 28.7 Å². The van der Waals surface area contributed by atoms with Crippen LogP contribution < -0.4 is 21.3 Å². The zero-order chi connectivity index (χ0) is 24.8. The number of hydrogen-bond acceptors (Lipinski definition) is 6. The van der Waals surface area contributed by atoms with Crippen LogP contribution in [0.15, 0.2) is 0 Å². The smallest absolute Gasteiger partial charge is 0.408 e. The Hall–Kier alpha value is -2.65. The third kappa shape index (κ3) is 8.33. The van der Waals surface area contributed by atoms with Crippen molar-refractivity contribution in [2.75, 3.05) is 6.54 Å². The van der Waals surface area contributed by atoms with Gasteiger partial charge in [0.25, 0.3) is 0 Å². The van der Waals surface area contributed by atoms with Crippen LogP contribution in [0.5, 0.6) is 0 Å². The highest BCUT2D eigenvalue weighted by Gasteiger charge is 2.38. The van der Waals surface area contributed by atoms with Crippen LogP contribution in [0.1, 0.15) is 66.7 Å². The Kier molecular flexibility index (Phi) is 9.25. The largest absolute Gasteiger partial charge is 0.444 e. The number of rotatable bonds is 4. The summed E-state index contributed by atoms with van der Waals surface area (Å²) in [5.41, 5.74) is -0.725. The maximum absolute atomic E-state index is 13.1. The molecule has 186 valence electrons. The number of carbonyl (C=O) groups excluding carboxylic acids is 5. The Morgan fingerprint density at radius 1 is 1.12 bits per heavy atom. The second kappa shape index (κ2) is 11.5. The molecule has 2 aliphatic rings. The summed E-state index contributed by atoms with van der Waals surface area (Å²) in [7, 11) is 0. The van der Waals surface area contributed by atoms with Crippen molar-refractivity contribution >= 4 is 30.1 Å². The first kappa shape index (κ1) is 26.6. The highest BCUT2D eigenvalue weighted by atomic mass is 16.6. The summed E-state index contributed by atoms with van der Waals surface area (Å²) in [6.07, 6.45) is 2.04. The number of amides is 4. The van der Waals surface area contributed by atoms with Crippen LogP contribution in [0.2, 0.25) is 0 Å². The zero-order valence-electron chi connectivity index (χ0n) is 20.2. The minimum atomic E-state index is -0.895. The van der Waals surface area contributed by atoms with E-state index < -0.39 is 47.6 Å². The van der Waals surface area contributed by atoms with E-state index in [2.05, 4.69) is 21.3 Å². The molecule has 0 aromatic carbocycles. The van der Waals surface area contributed by atoms with Gasteiger partial charge in [0.15, 0.2) is 0 Å². The minimum Gasteiger partial charge on any atom is -0.444 e. The molecular weight excluding hydrogens is 428 g/mol. The number of alkyl carbamates (subject to hydrolysis) is 1. The predicted octanol–water partition coefficient (Wildman–Crippen LogP) is 1.03. The van der Waals surface area contributed by atoms with Gasteiger partial charge in [-0.2, -0.15) is 0 Å². The van der Waals surface area contributed by atoms with Crippen molar-refractivity contribution in [3.63, 3.8) is 0 Å². The molecule has 0 unspecified atom stereocenters. The molecule has 2 saturated heterocycles. The van der Waals surface area contributed by atoms with Crippen molar-refractivity contribution in [3.8, 4) is 0 Å². The molecule has 0 bridgehead atoms. The lowest BCUT2D eigenvalue weighted by atomic mass is 9.85. The molecule has 2 aliphatic heterocycles. The molecule has 0 aromatic rings. The first-order valence-electron chi connectivity index (χ1n) is 11.7. The Bertz CT molecular complexity index is 748. The second-order valence-electron chi connectivity index (χ2n) is 10.4. The molecule has 10 heteroatoms. The van der Waals surface area contributed by atoms with Gasteiger partial charge in [-0.05, 0) is 58.3 Å². The van der Waals surface area contributed by atoms with Gasteiger partial charge >= 0.3 is 6.09 Å². The van der Waals surface area contributed by atoms with E-state index in [0.29, 0.717) is 38.5 Å². The molecule has 2 rings (SSSR count). The molecule has 4 N–H and O–H groups in total. The predicted molar refractivity (Wildman–Crippen MR) is 121 cm³/mol. The van der Waals surface area contributed by atoms with Crippen molar-refractivity contribution in [2.24, 2.45) is 17.8 Å². The zero-order valence-corrected chi connectivity index (χ0v) is 20.2. The van der Waals surface area contributed by atoms with Gasteiger partial charge in [0, 0.05) is 12.5 Å². The number of ether oxygens (including phenoxy) is 1. The van der Waals surface area contributed by atoms with Crippen LogP contribution in [0.3, 0.4) is 0 Å². The normalized spacial score (nSPS) is 29.4. The number of nitrogens with one attached hydrogen (secondary N) is 4. The van der Waals surface area contributed by atoms with Crippen LogP contribution in [0.25, 0.3) is 0 Å². The second-order valence-corrected chi connectivity index (χ2v) is 10.4. The topological polar surface area (TPSA) is 143 Å². The maximum Gasteiger partial charge on any atom is 0.408 e. The number of carbonyl (C=O) groups is 5. The molecular formula is C23H38N4O6. The third-order valence-corrected chi connectivity index (χ3v) is 5.86. The molecule has 2 heterocycles. The van der Waals surface area contributed by atoms with E-state index in [1.807, 2.05) is 13.8 Å². The van der Waals surface area contributed by atoms with Gasteiger partial charge in [-0.1, -0.05) is 20.3 Å². The van der Waals surface area contributed by atoms with Gasteiger partial charge in [0.1, 0.15) is 24.0 Å². The fourth-order valence-electron chi connectivity index (χ4n) is 4.31. The standard InChI is InChI=1S/C23H38N4O6/c1-13(2)9-18-21(31)25-15(12-28)10-16-14(11-24-19(16)29)7-6-8-17(20(30)26-18)27-22(32)33-23(3,4)5/h12-18H,6-11H2,1-5H3,(H,24,29)(H,25,31)(H,26,30)(H,27,32)/t14-,15+,16-,17+,18+/m1/s1. The Morgan fingerprint density at radius 3 is 2.42 bits per heavy atom. The molecule has 0 spiro atoms. The molecule has 0 saturated carbocycles. The van der Waals surface area contributed by atoms with E-state index in [0.717, 1.165) is 0 Å². The summed E-state index contributed by atoms with van der Waals surface area (Å²) < 4.78 is 5.30. The molecule has 10 nitrogen and oxygen atoms in total. The van der Waals surface area contributed by atoms with Crippen molar-refractivity contribution in [3.05, 3.63) is 0 Å². The van der Waals surface area contributed by atoms with Crippen LogP contribution >= 0.6 is 0 Å². The van der Waals surface area contributed by atoms with Crippen molar-refractivity contribution in [2.45, 2.75) is 90.4 Å². The van der Waals surface area contributed by atoms with Crippen molar-refractivity contribution in [1.82, 2.24) is 21.3 Å². The summed E-state index contributed by atoms with van der Waals surface area (Å²) in [5, 5.41) is 10.9. The lowest BCUT2D eigenvalue weighted by Crippen LogP contribution is -2.55. The fourth-order valence-corrected chi connectivity index (χ4v) is 4.31. The summed E-state index contributed by atoms with van der Waals surface area (Å²) in [4.78, 5) is 62.4. The third-order valence-electron chi connectivity index (χ3n) is 5.86. The summed E-state index contributed by atoms with van der Waals surface area (Å²) in [5.74, 6) is -1.43. The first-order valence-corrected chi connectivity index (χ1v) is 11.7. The van der Waals surface area contributed by atoms with Gasteiger partial charge in [-0.3, -0.25) is 14.4 Å². The Morgan fingerprint density at radius 2 is 1.82 bits per heavy atom. The molecule has 33 heavy (non-hydrogen) atoms. The Balaban J connectivity index is 2.27. The van der Waals surface area contributed by atoms with Crippen LogP contribution in [-0.4, -0.2) is 60.4 Å². The lowest BCUT2D eigenvalue weighted by Gasteiger charge is -2.26. The van der Waals surface area contributed by atoms with Gasteiger partial charge in [-0.25, -0.2) is 4.79 Å². The molecule has 0 radical (unpaired) electrons. The van der Waals surface area contributed by atoms with E-state index in [1.54, 1.807) is 20.8 Å². The average molecular weight is 467 g/mol. The quantitative estimate of drug-likeness (QED) is 0.456. The van der Waals surface area contributed by atoms with Crippen LogP contribution in [0, 0.1) is 17.8 Å². The molecule has 0 aromatic heterocycles. The van der Waals surface area contributed by atoms with E-state index in [-0.39, 0.29) is 24.2 Å². The summed E-state index contributed by atoms with van der Waals surface area (Å²) in [6, 6.07) is -2.60. The van der Waals surface area contributed by atoms with E-state index >= 15 is 0 Å². The lowest BCUT2D eigenvalue weighted by molar-refractivity contribution is -0.131. The molecule has 5 atom stereocenters. The van der Waals surface area contributed by atoms with Gasteiger partial charge in [0.2, 0.25) is 17.7 Å². The highest BCUT2D eigenvalue weighted by Crippen LogP contribution is 2.28. The monoisotopic (exact) mass is 466 g/mol. The summed E-state index contributed by atoms with van der Waals surface area (Å²) >= 11 is 0. The molecule has 0 aliphatic carbocycles. The first-order chi connectivity index (χ1) is 15.4. The average Bonchev–Trinajstić information content (AvgIpc) is 3.03. The minimum absolute atomic E-state index is 0.0192. The maximum atomic E-state index is 13.1. The molecule has 2 fully saturated rings.